The molecule has 0 radical (unpaired) electrons. The molecular weight excluding hydrogens is 190 g/mol. The van der Waals surface area contributed by atoms with Gasteiger partial charge in [0.1, 0.15) is 0 Å². The highest BCUT2D eigenvalue weighted by Gasteiger charge is 2.06. The minimum absolute atomic E-state index is 0.0758. The molecule has 13 heavy (non-hydrogen) atoms. The maximum Gasteiger partial charge on any atom is 0.303 e. The number of aliphatic carboxylic acids is 1. The minimum Gasteiger partial charge on any atom is -0.481 e. The monoisotopic (exact) mass is 205 g/mol. The Kier molecular flexibility index (Phi) is 6.40. The van der Waals surface area contributed by atoms with Crippen LogP contribution >= 0.6 is 12.6 Å². The van der Waals surface area contributed by atoms with E-state index in [4.69, 9.17) is 10.8 Å². The summed E-state index contributed by atoms with van der Waals surface area (Å²) in [4.78, 5) is 20.5. The van der Waals surface area contributed by atoms with E-state index in [0.717, 1.165) is 0 Å². The zero-order valence-electron chi connectivity index (χ0n) is 7.40. The van der Waals surface area contributed by atoms with Gasteiger partial charge in [-0.2, -0.15) is 12.6 Å². The standard InChI is InChI=1S/C8H15NO3S/c9-7(10)5-4-6(13)2-1-3-8(11)12/h6,13H,1-5H2,(H2,9,10)(H,11,12). The number of primary amides is 1. The van der Waals surface area contributed by atoms with Crippen LogP contribution in [0, 0.1) is 0 Å². The summed E-state index contributed by atoms with van der Waals surface area (Å²) in [6.45, 7) is 0. The van der Waals surface area contributed by atoms with Crippen LogP contribution < -0.4 is 5.73 Å². The van der Waals surface area contributed by atoms with E-state index in [9.17, 15) is 9.59 Å². The Balaban J connectivity index is 3.35. The second-order valence-corrected chi connectivity index (χ2v) is 3.68. The normalized spacial score (nSPS) is 12.4. The Labute approximate surface area is 82.9 Å². The summed E-state index contributed by atoms with van der Waals surface area (Å²) < 4.78 is 0. The lowest BCUT2D eigenvalue weighted by Crippen LogP contribution is -2.13. The third-order valence-corrected chi connectivity index (χ3v) is 2.17. The summed E-state index contributed by atoms with van der Waals surface area (Å²) in [6, 6.07) is 0. The van der Waals surface area contributed by atoms with Crippen molar-refractivity contribution < 1.29 is 14.7 Å². The van der Waals surface area contributed by atoms with Crippen molar-refractivity contribution in [2.75, 3.05) is 0 Å². The van der Waals surface area contributed by atoms with Crippen LogP contribution in [0.5, 0.6) is 0 Å². The van der Waals surface area contributed by atoms with Gasteiger partial charge in [-0.1, -0.05) is 0 Å². The Hall–Kier alpha value is -0.710. The highest BCUT2D eigenvalue weighted by molar-refractivity contribution is 7.80. The molecule has 0 fully saturated rings. The average molecular weight is 205 g/mol. The quantitative estimate of drug-likeness (QED) is 0.538. The molecule has 1 unspecified atom stereocenters. The van der Waals surface area contributed by atoms with Crippen LogP contribution in [0.25, 0.3) is 0 Å². The fourth-order valence-electron chi connectivity index (χ4n) is 0.942. The van der Waals surface area contributed by atoms with Crippen molar-refractivity contribution in [3.63, 3.8) is 0 Å². The summed E-state index contributed by atoms with van der Waals surface area (Å²) in [6.07, 6.45) is 2.41. The largest absolute Gasteiger partial charge is 0.481 e. The van der Waals surface area contributed by atoms with Gasteiger partial charge in [-0.3, -0.25) is 9.59 Å². The van der Waals surface area contributed by atoms with Crippen molar-refractivity contribution in [3.8, 4) is 0 Å². The van der Waals surface area contributed by atoms with E-state index < -0.39 is 5.97 Å². The van der Waals surface area contributed by atoms with Crippen molar-refractivity contribution in [1.82, 2.24) is 0 Å². The molecule has 0 heterocycles. The van der Waals surface area contributed by atoms with E-state index in [1.54, 1.807) is 0 Å². The Bertz CT molecular complexity index is 184. The Morgan fingerprint density at radius 3 is 2.38 bits per heavy atom. The third-order valence-electron chi connectivity index (χ3n) is 1.65. The first-order chi connectivity index (χ1) is 6.02. The van der Waals surface area contributed by atoms with Crippen molar-refractivity contribution >= 4 is 24.5 Å². The summed E-state index contributed by atoms with van der Waals surface area (Å²) in [7, 11) is 0. The molecule has 3 N–H and O–H groups in total. The molecule has 0 saturated heterocycles. The van der Waals surface area contributed by atoms with Gasteiger partial charge in [-0.25, -0.2) is 0 Å². The highest BCUT2D eigenvalue weighted by atomic mass is 32.1. The molecule has 0 aromatic carbocycles. The zero-order chi connectivity index (χ0) is 10.3. The second kappa shape index (κ2) is 6.77. The molecule has 0 aromatic heterocycles. The van der Waals surface area contributed by atoms with Crippen LogP contribution in [0.3, 0.4) is 0 Å². The highest BCUT2D eigenvalue weighted by Crippen LogP contribution is 2.12. The predicted octanol–water partition coefficient (Wildman–Crippen LogP) is 0.805. The van der Waals surface area contributed by atoms with E-state index in [1.807, 2.05) is 0 Å². The Morgan fingerprint density at radius 1 is 1.31 bits per heavy atom. The number of carboxylic acid groups (broad SMARTS) is 1. The molecule has 0 aliphatic rings. The van der Waals surface area contributed by atoms with Gasteiger partial charge in [0.2, 0.25) is 5.91 Å². The third kappa shape index (κ3) is 9.20. The van der Waals surface area contributed by atoms with E-state index >= 15 is 0 Å². The van der Waals surface area contributed by atoms with Crippen molar-refractivity contribution in [2.45, 2.75) is 37.4 Å². The number of thiol groups is 1. The van der Waals surface area contributed by atoms with Gasteiger partial charge in [0.15, 0.2) is 0 Å². The molecule has 0 aliphatic carbocycles. The number of amides is 1. The predicted molar refractivity (Wildman–Crippen MR) is 52.7 cm³/mol. The van der Waals surface area contributed by atoms with Gasteiger partial charge < -0.3 is 10.8 Å². The van der Waals surface area contributed by atoms with Gasteiger partial charge in [-0.05, 0) is 19.3 Å². The van der Waals surface area contributed by atoms with Crippen molar-refractivity contribution in [3.05, 3.63) is 0 Å². The van der Waals surface area contributed by atoms with Crippen molar-refractivity contribution in [2.24, 2.45) is 5.73 Å². The topological polar surface area (TPSA) is 80.4 Å². The molecule has 0 saturated carbocycles. The van der Waals surface area contributed by atoms with Gasteiger partial charge in [0, 0.05) is 18.1 Å². The van der Waals surface area contributed by atoms with Crippen LogP contribution in [-0.2, 0) is 9.59 Å². The Morgan fingerprint density at radius 2 is 1.92 bits per heavy atom. The molecular formula is C8H15NO3S. The number of carbonyl (C=O) groups excluding carboxylic acids is 1. The van der Waals surface area contributed by atoms with Crippen LogP contribution in [0.4, 0.5) is 0 Å². The molecule has 76 valence electrons. The average Bonchev–Trinajstić information content (AvgIpc) is 2.00. The number of nitrogens with two attached hydrogens (primary N) is 1. The summed E-state index contributed by atoms with van der Waals surface area (Å²) in [5.74, 6) is -1.13. The molecule has 0 aromatic rings. The first-order valence-corrected chi connectivity index (χ1v) is 4.72. The molecule has 4 nitrogen and oxygen atoms in total. The first kappa shape index (κ1) is 12.3. The minimum atomic E-state index is -0.796. The van der Waals surface area contributed by atoms with E-state index in [2.05, 4.69) is 12.6 Å². The van der Waals surface area contributed by atoms with Gasteiger partial charge >= 0.3 is 5.97 Å². The molecule has 5 heteroatoms. The summed E-state index contributed by atoms with van der Waals surface area (Å²) >= 11 is 4.21. The van der Waals surface area contributed by atoms with E-state index in [-0.39, 0.29) is 17.6 Å². The zero-order valence-corrected chi connectivity index (χ0v) is 8.30. The van der Waals surface area contributed by atoms with Crippen LogP contribution in [-0.4, -0.2) is 22.2 Å². The van der Waals surface area contributed by atoms with Crippen LogP contribution in [0.1, 0.15) is 32.1 Å². The number of carbonyl (C=O) groups is 2. The lowest BCUT2D eigenvalue weighted by molar-refractivity contribution is -0.137. The molecule has 0 aliphatic heterocycles. The molecule has 1 atom stereocenters. The van der Waals surface area contributed by atoms with Crippen LogP contribution in [0.2, 0.25) is 0 Å². The fourth-order valence-corrected chi connectivity index (χ4v) is 1.25. The van der Waals surface area contributed by atoms with Crippen molar-refractivity contribution in [1.29, 1.82) is 0 Å². The first-order valence-electron chi connectivity index (χ1n) is 4.20. The fraction of sp³-hybridized carbons (Fsp3) is 0.750. The SMILES string of the molecule is NC(=O)CCC(S)CCCC(=O)O. The maximum atomic E-state index is 10.4. The van der Waals surface area contributed by atoms with Gasteiger partial charge in [-0.15, -0.1) is 0 Å². The van der Waals surface area contributed by atoms with Crippen LogP contribution in [0.15, 0.2) is 0 Å². The number of hydrogen-bond donors (Lipinski definition) is 3. The second-order valence-electron chi connectivity index (χ2n) is 2.94. The number of rotatable bonds is 7. The summed E-state index contributed by atoms with van der Waals surface area (Å²) in [5, 5.41) is 8.42. The summed E-state index contributed by atoms with van der Waals surface area (Å²) in [5.41, 5.74) is 4.95. The number of carboxylic acids is 1. The molecule has 1 amide bonds. The molecule has 0 spiro atoms. The molecule has 0 rings (SSSR count). The molecule has 0 bridgehead atoms. The number of hydrogen-bond acceptors (Lipinski definition) is 3. The van der Waals surface area contributed by atoms with Gasteiger partial charge in [0.05, 0.1) is 0 Å². The smallest absolute Gasteiger partial charge is 0.303 e. The van der Waals surface area contributed by atoms with Gasteiger partial charge in [0.25, 0.3) is 0 Å². The maximum absolute atomic E-state index is 10.4. The van der Waals surface area contributed by atoms with E-state index in [0.29, 0.717) is 25.7 Å². The lowest BCUT2D eigenvalue weighted by atomic mass is 10.1. The van der Waals surface area contributed by atoms with E-state index in [1.165, 1.54) is 0 Å². The lowest BCUT2D eigenvalue weighted by Gasteiger charge is -2.07.